The van der Waals surface area contributed by atoms with Crippen molar-refractivity contribution in [3.05, 3.63) is 89.1 Å². The van der Waals surface area contributed by atoms with E-state index >= 15 is 0 Å². The number of amides is 3. The van der Waals surface area contributed by atoms with E-state index in [1.165, 1.54) is 16.7 Å². The van der Waals surface area contributed by atoms with Crippen molar-refractivity contribution in [1.29, 1.82) is 5.26 Å². The zero-order valence-electron chi connectivity index (χ0n) is 19.5. The number of hydrogen-bond acceptors (Lipinski definition) is 6. The molecule has 0 radical (unpaired) electrons. The Morgan fingerprint density at radius 1 is 1.11 bits per heavy atom. The minimum Gasteiger partial charge on any atom is -0.325 e. The number of thioether (sulfide) groups is 1. The third kappa shape index (κ3) is 5.26. The second-order valence-corrected chi connectivity index (χ2v) is 9.26. The lowest BCUT2D eigenvalue weighted by Crippen LogP contribution is -2.45. The van der Waals surface area contributed by atoms with Crippen molar-refractivity contribution in [2.75, 3.05) is 10.7 Å². The van der Waals surface area contributed by atoms with Gasteiger partial charge in [0.05, 0.1) is 23.4 Å². The van der Waals surface area contributed by atoms with E-state index in [-0.39, 0.29) is 30.5 Å². The zero-order valence-corrected chi connectivity index (χ0v) is 20.3. The van der Waals surface area contributed by atoms with E-state index in [1.807, 2.05) is 56.3 Å². The van der Waals surface area contributed by atoms with Crippen LogP contribution in [0.25, 0.3) is 0 Å². The highest BCUT2D eigenvalue weighted by Crippen LogP contribution is 2.29. The number of benzene rings is 2. The molecule has 0 saturated carbocycles. The van der Waals surface area contributed by atoms with Crippen molar-refractivity contribution in [1.82, 2.24) is 9.88 Å². The fourth-order valence-electron chi connectivity index (χ4n) is 4.12. The first-order chi connectivity index (χ1) is 16.9. The van der Waals surface area contributed by atoms with Gasteiger partial charge in [-0.2, -0.15) is 5.26 Å². The molecule has 0 bridgehead atoms. The molecule has 4 rings (SSSR count). The van der Waals surface area contributed by atoms with Crippen molar-refractivity contribution in [2.24, 2.45) is 0 Å². The van der Waals surface area contributed by atoms with Crippen LogP contribution in [0.2, 0.25) is 0 Å². The molecule has 1 saturated heterocycles. The van der Waals surface area contributed by atoms with Crippen LogP contribution in [0.1, 0.15) is 28.8 Å². The van der Waals surface area contributed by atoms with Crippen molar-refractivity contribution in [3.8, 4) is 6.07 Å². The van der Waals surface area contributed by atoms with Gasteiger partial charge < -0.3 is 4.90 Å². The van der Waals surface area contributed by atoms with E-state index in [1.54, 1.807) is 24.3 Å². The predicted molar refractivity (Wildman–Crippen MR) is 133 cm³/mol. The molecule has 2 aromatic carbocycles. The number of nitriles is 1. The van der Waals surface area contributed by atoms with Gasteiger partial charge >= 0.3 is 0 Å². The SMILES string of the molecule is Cc1cc(C)c(C#N)c(SCC(=O)N(Cc2ccccc2)C2CC(=O)N(c3ccccc3)C2=O)n1. The topological polar surface area (TPSA) is 94.4 Å². The number of para-hydroxylation sites is 1. The number of aromatic nitrogens is 1. The highest BCUT2D eigenvalue weighted by atomic mass is 32.2. The molecular weight excluding hydrogens is 460 g/mol. The van der Waals surface area contributed by atoms with E-state index in [0.717, 1.165) is 21.7 Å². The molecule has 3 amide bonds. The third-order valence-corrected chi connectivity index (χ3v) is 6.75. The number of rotatable bonds is 7. The summed E-state index contributed by atoms with van der Waals surface area (Å²) in [6, 6.07) is 21.2. The average Bonchev–Trinajstić information content (AvgIpc) is 3.15. The van der Waals surface area contributed by atoms with Gasteiger partial charge in [0.15, 0.2) is 0 Å². The van der Waals surface area contributed by atoms with Crippen LogP contribution in [0.3, 0.4) is 0 Å². The van der Waals surface area contributed by atoms with Crippen molar-refractivity contribution in [3.63, 3.8) is 0 Å². The van der Waals surface area contributed by atoms with Crippen LogP contribution < -0.4 is 4.90 Å². The number of pyridine rings is 1. The second kappa shape index (κ2) is 10.5. The molecule has 0 N–H and O–H groups in total. The van der Waals surface area contributed by atoms with Gasteiger partial charge in [-0.1, -0.05) is 60.3 Å². The Morgan fingerprint density at radius 3 is 2.43 bits per heavy atom. The van der Waals surface area contributed by atoms with Crippen LogP contribution in [-0.2, 0) is 20.9 Å². The number of imide groups is 1. The molecule has 0 spiro atoms. The van der Waals surface area contributed by atoms with E-state index in [2.05, 4.69) is 11.1 Å². The molecule has 8 heteroatoms. The molecule has 1 atom stereocenters. The summed E-state index contributed by atoms with van der Waals surface area (Å²) in [5, 5.41) is 10.0. The van der Waals surface area contributed by atoms with Crippen molar-refractivity contribution >= 4 is 35.2 Å². The van der Waals surface area contributed by atoms with Crippen LogP contribution in [0.4, 0.5) is 5.69 Å². The first kappa shape index (κ1) is 24.2. The largest absolute Gasteiger partial charge is 0.325 e. The standard InChI is InChI=1S/C27H24N4O3S/c1-18-13-19(2)29-26(22(18)15-28)35-17-25(33)30(16-20-9-5-3-6-10-20)23-14-24(32)31(27(23)34)21-11-7-4-8-12-21/h3-13,23H,14,16-17H2,1-2H3. The number of carbonyl (C=O) groups is 3. The Balaban J connectivity index is 1.60. The van der Waals surface area contributed by atoms with Crippen LogP contribution in [0, 0.1) is 25.2 Å². The Labute approximate surface area is 208 Å². The summed E-state index contributed by atoms with van der Waals surface area (Å²) in [6.07, 6.45) is -0.0811. The fourth-order valence-corrected chi connectivity index (χ4v) is 5.10. The van der Waals surface area contributed by atoms with Gasteiger partial charge in [0.25, 0.3) is 5.91 Å². The molecule has 1 aliphatic heterocycles. The molecule has 0 aliphatic carbocycles. The minimum absolute atomic E-state index is 0.0132. The molecule has 176 valence electrons. The van der Waals surface area contributed by atoms with Gasteiger partial charge in [0.2, 0.25) is 11.8 Å². The average molecular weight is 485 g/mol. The highest BCUT2D eigenvalue weighted by molar-refractivity contribution is 8.00. The predicted octanol–water partition coefficient (Wildman–Crippen LogP) is 4.02. The maximum absolute atomic E-state index is 13.5. The Kier molecular flexibility index (Phi) is 7.28. The monoisotopic (exact) mass is 484 g/mol. The van der Waals surface area contributed by atoms with Gasteiger partial charge in [-0.15, -0.1) is 0 Å². The van der Waals surface area contributed by atoms with E-state index in [0.29, 0.717) is 16.3 Å². The summed E-state index contributed by atoms with van der Waals surface area (Å²) in [5.41, 5.74) is 3.33. The molecule has 1 aliphatic rings. The van der Waals surface area contributed by atoms with Crippen LogP contribution >= 0.6 is 11.8 Å². The molecule has 1 aromatic heterocycles. The molecule has 3 aromatic rings. The lowest BCUT2D eigenvalue weighted by Gasteiger charge is -2.28. The smallest absolute Gasteiger partial charge is 0.257 e. The summed E-state index contributed by atoms with van der Waals surface area (Å²) in [7, 11) is 0. The summed E-state index contributed by atoms with van der Waals surface area (Å²) in [4.78, 5) is 46.7. The molecule has 7 nitrogen and oxygen atoms in total. The lowest BCUT2D eigenvalue weighted by atomic mass is 10.1. The number of aryl methyl sites for hydroxylation is 2. The maximum atomic E-state index is 13.5. The Bertz CT molecular complexity index is 1310. The van der Waals surface area contributed by atoms with Gasteiger partial charge in [-0.25, -0.2) is 9.88 Å². The fraction of sp³-hybridized carbons (Fsp3) is 0.222. The van der Waals surface area contributed by atoms with Crippen LogP contribution in [-0.4, -0.2) is 39.4 Å². The minimum atomic E-state index is -0.904. The van der Waals surface area contributed by atoms with Crippen LogP contribution in [0.5, 0.6) is 0 Å². The molecule has 1 unspecified atom stereocenters. The van der Waals surface area contributed by atoms with Crippen molar-refractivity contribution in [2.45, 2.75) is 37.9 Å². The quantitative estimate of drug-likeness (QED) is 0.371. The summed E-state index contributed by atoms with van der Waals surface area (Å²) >= 11 is 1.17. The first-order valence-corrected chi connectivity index (χ1v) is 12.1. The van der Waals surface area contributed by atoms with E-state index in [4.69, 9.17) is 0 Å². The zero-order chi connectivity index (χ0) is 24.9. The molecular formula is C27H24N4O3S. The summed E-state index contributed by atoms with van der Waals surface area (Å²) in [6.45, 7) is 3.86. The molecule has 35 heavy (non-hydrogen) atoms. The lowest BCUT2D eigenvalue weighted by molar-refractivity contribution is -0.136. The number of nitrogens with zero attached hydrogens (tertiary/aromatic N) is 4. The van der Waals surface area contributed by atoms with Gasteiger partial charge in [0, 0.05) is 12.2 Å². The van der Waals surface area contributed by atoms with Gasteiger partial charge in [-0.05, 0) is 43.2 Å². The Morgan fingerprint density at radius 2 is 1.77 bits per heavy atom. The van der Waals surface area contributed by atoms with Gasteiger partial charge in [-0.3, -0.25) is 14.4 Å². The number of carbonyl (C=O) groups excluding carboxylic acids is 3. The molecule has 2 heterocycles. The third-order valence-electron chi connectivity index (χ3n) is 5.79. The van der Waals surface area contributed by atoms with E-state index in [9.17, 15) is 19.6 Å². The van der Waals surface area contributed by atoms with E-state index < -0.39 is 11.9 Å². The Hall–Kier alpha value is -3.96. The number of anilines is 1. The highest BCUT2D eigenvalue weighted by Gasteiger charge is 2.44. The molecule has 1 fully saturated rings. The number of hydrogen-bond donors (Lipinski definition) is 0. The first-order valence-electron chi connectivity index (χ1n) is 11.2. The van der Waals surface area contributed by atoms with Crippen LogP contribution in [0.15, 0.2) is 71.8 Å². The summed E-state index contributed by atoms with van der Waals surface area (Å²) < 4.78 is 0. The maximum Gasteiger partial charge on any atom is 0.257 e. The summed E-state index contributed by atoms with van der Waals surface area (Å²) in [5.74, 6) is -1.07. The second-order valence-electron chi connectivity index (χ2n) is 8.29. The normalized spacial score (nSPS) is 15.2. The van der Waals surface area contributed by atoms with Crippen molar-refractivity contribution < 1.29 is 14.4 Å². The van der Waals surface area contributed by atoms with Gasteiger partial charge in [0.1, 0.15) is 17.1 Å².